The number of hydrogen-bond acceptors (Lipinski definition) is 1. The van der Waals surface area contributed by atoms with Crippen LogP contribution in [0.1, 0.15) is 43.4 Å². The summed E-state index contributed by atoms with van der Waals surface area (Å²) >= 11 is 0. The molecule has 1 nitrogen and oxygen atoms in total. The van der Waals surface area contributed by atoms with Crippen LogP contribution in [-0.2, 0) is 6.42 Å². The van der Waals surface area contributed by atoms with Crippen LogP contribution >= 0.6 is 0 Å². The molecule has 0 atom stereocenters. The Labute approximate surface area is 86.6 Å². The van der Waals surface area contributed by atoms with Crippen LogP contribution in [0.15, 0.2) is 18.3 Å². The van der Waals surface area contributed by atoms with Gasteiger partial charge < -0.3 is 0 Å². The first-order valence-corrected chi connectivity index (χ1v) is 5.76. The Morgan fingerprint density at radius 2 is 2.07 bits per heavy atom. The SMILES string of the molecule is Cc1ccc(CCC2CCCC2)nc1. The molecule has 1 heterocycles. The summed E-state index contributed by atoms with van der Waals surface area (Å²) in [5.74, 6) is 0.984. The molecular weight excluding hydrogens is 170 g/mol. The molecule has 1 aromatic rings. The van der Waals surface area contributed by atoms with Gasteiger partial charge in [0, 0.05) is 11.9 Å². The monoisotopic (exact) mass is 189 g/mol. The molecule has 2 rings (SSSR count). The number of pyridine rings is 1. The van der Waals surface area contributed by atoms with E-state index >= 15 is 0 Å². The van der Waals surface area contributed by atoms with Crippen LogP contribution in [-0.4, -0.2) is 4.98 Å². The highest BCUT2D eigenvalue weighted by molar-refractivity contribution is 5.12. The van der Waals surface area contributed by atoms with Crippen molar-refractivity contribution >= 4 is 0 Å². The maximum atomic E-state index is 4.44. The lowest BCUT2D eigenvalue weighted by Crippen LogP contribution is -1.98. The standard InChI is InChI=1S/C13H19N/c1-11-6-8-13(14-10-11)9-7-12-4-2-3-5-12/h6,8,10,12H,2-5,7,9H2,1H3. The molecule has 0 aliphatic heterocycles. The van der Waals surface area contributed by atoms with E-state index in [1.807, 2.05) is 6.20 Å². The number of nitrogens with zero attached hydrogens (tertiary/aromatic N) is 1. The van der Waals surface area contributed by atoms with E-state index < -0.39 is 0 Å². The molecule has 0 N–H and O–H groups in total. The summed E-state index contributed by atoms with van der Waals surface area (Å²) < 4.78 is 0. The van der Waals surface area contributed by atoms with Crippen molar-refractivity contribution in [1.82, 2.24) is 4.98 Å². The highest BCUT2D eigenvalue weighted by Gasteiger charge is 2.14. The van der Waals surface area contributed by atoms with E-state index in [0.29, 0.717) is 0 Å². The van der Waals surface area contributed by atoms with Crippen molar-refractivity contribution in [2.75, 3.05) is 0 Å². The number of aryl methyl sites for hydroxylation is 2. The molecule has 0 radical (unpaired) electrons. The molecule has 1 fully saturated rings. The maximum Gasteiger partial charge on any atom is 0.0403 e. The van der Waals surface area contributed by atoms with Gasteiger partial charge in [0.25, 0.3) is 0 Å². The highest BCUT2D eigenvalue weighted by Crippen LogP contribution is 2.28. The minimum atomic E-state index is 0.984. The third-order valence-corrected chi connectivity index (χ3v) is 3.26. The lowest BCUT2D eigenvalue weighted by molar-refractivity contribution is 0.501. The summed E-state index contributed by atoms with van der Waals surface area (Å²) in [7, 11) is 0. The fraction of sp³-hybridized carbons (Fsp3) is 0.615. The second kappa shape index (κ2) is 4.59. The summed E-state index contributed by atoms with van der Waals surface area (Å²) in [6.45, 7) is 2.09. The Morgan fingerprint density at radius 1 is 1.29 bits per heavy atom. The molecule has 76 valence electrons. The van der Waals surface area contributed by atoms with E-state index in [1.165, 1.54) is 49.8 Å². The zero-order valence-electron chi connectivity index (χ0n) is 9.00. The first-order chi connectivity index (χ1) is 6.84. The molecular formula is C13H19N. The van der Waals surface area contributed by atoms with E-state index in [0.717, 1.165) is 5.92 Å². The van der Waals surface area contributed by atoms with Crippen molar-refractivity contribution in [1.29, 1.82) is 0 Å². The zero-order chi connectivity index (χ0) is 9.80. The van der Waals surface area contributed by atoms with Crippen molar-refractivity contribution in [3.8, 4) is 0 Å². The van der Waals surface area contributed by atoms with Crippen LogP contribution in [0, 0.1) is 12.8 Å². The topological polar surface area (TPSA) is 12.9 Å². The molecule has 1 heteroatoms. The molecule has 14 heavy (non-hydrogen) atoms. The second-order valence-electron chi connectivity index (χ2n) is 4.52. The van der Waals surface area contributed by atoms with Gasteiger partial charge in [-0.25, -0.2) is 0 Å². The van der Waals surface area contributed by atoms with Gasteiger partial charge in [0.05, 0.1) is 0 Å². The summed E-state index contributed by atoms with van der Waals surface area (Å²) in [5.41, 5.74) is 2.53. The maximum absolute atomic E-state index is 4.44. The van der Waals surface area contributed by atoms with Crippen LogP contribution in [0.3, 0.4) is 0 Å². The molecule has 1 aliphatic rings. The van der Waals surface area contributed by atoms with Crippen LogP contribution < -0.4 is 0 Å². The molecule has 1 aromatic heterocycles. The van der Waals surface area contributed by atoms with Gasteiger partial charge >= 0.3 is 0 Å². The summed E-state index contributed by atoms with van der Waals surface area (Å²) in [6.07, 6.45) is 10.3. The van der Waals surface area contributed by atoms with E-state index in [-0.39, 0.29) is 0 Å². The molecule has 0 unspecified atom stereocenters. The fourth-order valence-corrected chi connectivity index (χ4v) is 2.30. The largest absolute Gasteiger partial charge is 0.261 e. The van der Waals surface area contributed by atoms with Gasteiger partial charge in [-0.2, -0.15) is 0 Å². The Bertz CT molecular complexity index is 270. The van der Waals surface area contributed by atoms with Gasteiger partial charge in [0.15, 0.2) is 0 Å². The predicted octanol–water partition coefficient (Wildman–Crippen LogP) is 3.51. The summed E-state index contributed by atoms with van der Waals surface area (Å²) in [4.78, 5) is 4.44. The third-order valence-electron chi connectivity index (χ3n) is 3.26. The van der Waals surface area contributed by atoms with E-state index in [9.17, 15) is 0 Å². The Balaban J connectivity index is 1.82. The fourth-order valence-electron chi connectivity index (χ4n) is 2.30. The first kappa shape index (κ1) is 9.70. The average Bonchev–Trinajstić information content (AvgIpc) is 2.70. The van der Waals surface area contributed by atoms with E-state index in [2.05, 4.69) is 24.0 Å². The van der Waals surface area contributed by atoms with Gasteiger partial charge in [-0.05, 0) is 37.3 Å². The van der Waals surface area contributed by atoms with Crippen molar-refractivity contribution in [3.05, 3.63) is 29.6 Å². The minimum Gasteiger partial charge on any atom is -0.261 e. The Hall–Kier alpha value is -0.850. The van der Waals surface area contributed by atoms with Crippen LogP contribution in [0.5, 0.6) is 0 Å². The summed E-state index contributed by atoms with van der Waals surface area (Å²) in [5, 5.41) is 0. The molecule has 1 aliphatic carbocycles. The van der Waals surface area contributed by atoms with Gasteiger partial charge in [-0.1, -0.05) is 31.7 Å². The van der Waals surface area contributed by atoms with Crippen LogP contribution in [0.2, 0.25) is 0 Å². The number of hydrogen-bond donors (Lipinski definition) is 0. The molecule has 1 saturated carbocycles. The van der Waals surface area contributed by atoms with Crippen molar-refractivity contribution < 1.29 is 0 Å². The molecule has 0 spiro atoms. The molecule has 0 aromatic carbocycles. The van der Waals surface area contributed by atoms with E-state index in [1.54, 1.807) is 0 Å². The van der Waals surface area contributed by atoms with Gasteiger partial charge in [0.1, 0.15) is 0 Å². The van der Waals surface area contributed by atoms with Crippen molar-refractivity contribution in [2.24, 2.45) is 5.92 Å². The zero-order valence-corrected chi connectivity index (χ0v) is 9.00. The molecule has 0 bridgehead atoms. The minimum absolute atomic E-state index is 0.984. The second-order valence-corrected chi connectivity index (χ2v) is 4.52. The predicted molar refractivity (Wildman–Crippen MR) is 59.3 cm³/mol. The smallest absolute Gasteiger partial charge is 0.0403 e. The number of rotatable bonds is 3. The Kier molecular flexibility index (Phi) is 3.18. The highest BCUT2D eigenvalue weighted by atomic mass is 14.7. The van der Waals surface area contributed by atoms with Crippen molar-refractivity contribution in [2.45, 2.75) is 45.4 Å². The van der Waals surface area contributed by atoms with Gasteiger partial charge in [-0.3, -0.25) is 4.98 Å². The van der Waals surface area contributed by atoms with Gasteiger partial charge in [-0.15, -0.1) is 0 Å². The first-order valence-electron chi connectivity index (χ1n) is 5.76. The van der Waals surface area contributed by atoms with E-state index in [4.69, 9.17) is 0 Å². The number of aromatic nitrogens is 1. The lowest BCUT2D eigenvalue weighted by atomic mass is 10.0. The quantitative estimate of drug-likeness (QED) is 0.709. The van der Waals surface area contributed by atoms with Gasteiger partial charge in [0.2, 0.25) is 0 Å². The summed E-state index contributed by atoms with van der Waals surface area (Å²) in [6, 6.07) is 4.33. The van der Waals surface area contributed by atoms with Crippen LogP contribution in [0.4, 0.5) is 0 Å². The Morgan fingerprint density at radius 3 is 2.71 bits per heavy atom. The van der Waals surface area contributed by atoms with Crippen LogP contribution in [0.25, 0.3) is 0 Å². The average molecular weight is 189 g/mol. The third kappa shape index (κ3) is 2.57. The van der Waals surface area contributed by atoms with Crippen molar-refractivity contribution in [3.63, 3.8) is 0 Å². The molecule has 0 saturated heterocycles. The molecule has 0 amide bonds. The normalized spacial score (nSPS) is 17.5. The lowest BCUT2D eigenvalue weighted by Gasteiger charge is -2.07.